The molecule has 5 nitrogen and oxygen atoms in total. The van der Waals surface area contributed by atoms with E-state index in [-0.39, 0.29) is 11.8 Å². The smallest absolute Gasteiger partial charge is 0.251 e. The molecule has 0 aromatic heterocycles. The van der Waals surface area contributed by atoms with E-state index in [2.05, 4.69) is 16.0 Å². The fraction of sp³-hybridized carbons (Fsp3) is 0.333. The van der Waals surface area contributed by atoms with Crippen molar-refractivity contribution < 1.29 is 9.59 Å². The van der Waals surface area contributed by atoms with Gasteiger partial charge in [0.25, 0.3) is 11.8 Å². The lowest BCUT2D eigenvalue weighted by Gasteiger charge is -2.21. The van der Waals surface area contributed by atoms with Gasteiger partial charge in [-0.15, -0.1) is 0 Å². The number of hydrogen-bond donors (Lipinski definition) is 3. The number of anilines is 1. The van der Waals surface area contributed by atoms with E-state index < -0.39 is 0 Å². The molecule has 1 aliphatic rings. The van der Waals surface area contributed by atoms with Gasteiger partial charge in [-0.05, 0) is 43.2 Å². The van der Waals surface area contributed by atoms with Gasteiger partial charge in [0.2, 0.25) is 0 Å². The van der Waals surface area contributed by atoms with Crippen molar-refractivity contribution in [2.75, 3.05) is 25.5 Å². The SMILES string of the molecule is CNC(=O)c1ccc(NC(=O)C(C)=C2CNC2)c(C)c1. The third-order valence-electron chi connectivity index (χ3n) is 3.51. The Kier molecular flexibility index (Phi) is 4.20. The molecular formula is C15H19N3O2. The summed E-state index contributed by atoms with van der Waals surface area (Å²) in [6.45, 7) is 5.27. The normalized spacial score (nSPS) is 13.4. The van der Waals surface area contributed by atoms with Gasteiger partial charge in [0.1, 0.15) is 0 Å². The fourth-order valence-electron chi connectivity index (χ4n) is 1.98. The number of benzene rings is 1. The highest BCUT2D eigenvalue weighted by Crippen LogP contribution is 2.18. The highest BCUT2D eigenvalue weighted by Gasteiger charge is 2.16. The minimum Gasteiger partial charge on any atom is -0.355 e. The average molecular weight is 273 g/mol. The van der Waals surface area contributed by atoms with Crippen LogP contribution >= 0.6 is 0 Å². The molecule has 5 heteroatoms. The van der Waals surface area contributed by atoms with Crippen LogP contribution in [0.1, 0.15) is 22.8 Å². The van der Waals surface area contributed by atoms with Gasteiger partial charge in [-0.3, -0.25) is 9.59 Å². The first-order valence-corrected chi connectivity index (χ1v) is 6.56. The van der Waals surface area contributed by atoms with Crippen LogP contribution in [0.2, 0.25) is 0 Å². The molecule has 0 radical (unpaired) electrons. The monoisotopic (exact) mass is 273 g/mol. The van der Waals surface area contributed by atoms with Crippen LogP contribution in [0.4, 0.5) is 5.69 Å². The zero-order valence-corrected chi connectivity index (χ0v) is 12.0. The van der Waals surface area contributed by atoms with Crippen LogP contribution < -0.4 is 16.0 Å². The summed E-state index contributed by atoms with van der Waals surface area (Å²) in [7, 11) is 1.59. The van der Waals surface area contributed by atoms with Crippen molar-refractivity contribution in [3.8, 4) is 0 Å². The first-order chi connectivity index (χ1) is 9.52. The number of nitrogens with one attached hydrogen (secondary N) is 3. The number of hydrogen-bond acceptors (Lipinski definition) is 3. The number of carbonyl (C=O) groups excluding carboxylic acids is 2. The van der Waals surface area contributed by atoms with E-state index in [0.29, 0.717) is 5.56 Å². The molecule has 0 unspecified atom stereocenters. The van der Waals surface area contributed by atoms with Gasteiger partial charge in [0.15, 0.2) is 0 Å². The number of carbonyl (C=O) groups is 2. The van der Waals surface area contributed by atoms with E-state index >= 15 is 0 Å². The Morgan fingerprint density at radius 2 is 1.95 bits per heavy atom. The molecule has 1 heterocycles. The molecule has 0 bridgehead atoms. The molecular weight excluding hydrogens is 254 g/mol. The van der Waals surface area contributed by atoms with Crippen molar-refractivity contribution in [1.29, 1.82) is 0 Å². The first kappa shape index (κ1) is 14.3. The summed E-state index contributed by atoms with van der Waals surface area (Å²) in [5, 5.41) is 8.58. The molecule has 0 saturated carbocycles. The molecule has 1 aromatic carbocycles. The van der Waals surface area contributed by atoms with Crippen LogP contribution in [0.5, 0.6) is 0 Å². The number of amides is 2. The lowest BCUT2D eigenvalue weighted by atomic mass is 10.0. The maximum atomic E-state index is 12.1. The summed E-state index contributed by atoms with van der Waals surface area (Å²) in [6, 6.07) is 5.23. The molecule has 20 heavy (non-hydrogen) atoms. The van der Waals surface area contributed by atoms with Crippen LogP contribution in [0.3, 0.4) is 0 Å². The quantitative estimate of drug-likeness (QED) is 0.725. The Morgan fingerprint density at radius 1 is 1.25 bits per heavy atom. The van der Waals surface area contributed by atoms with Gasteiger partial charge in [-0.2, -0.15) is 0 Å². The van der Waals surface area contributed by atoms with Crippen molar-refractivity contribution in [2.24, 2.45) is 0 Å². The highest BCUT2D eigenvalue weighted by molar-refractivity contribution is 6.05. The Bertz CT molecular complexity index is 585. The summed E-state index contributed by atoms with van der Waals surface area (Å²) >= 11 is 0. The minimum absolute atomic E-state index is 0.0858. The molecule has 1 aliphatic heterocycles. The molecule has 0 aliphatic carbocycles. The average Bonchev–Trinajstić information content (AvgIpc) is 2.37. The second-order valence-electron chi connectivity index (χ2n) is 4.90. The van der Waals surface area contributed by atoms with Gasteiger partial charge in [-0.1, -0.05) is 0 Å². The largest absolute Gasteiger partial charge is 0.355 e. The van der Waals surface area contributed by atoms with Crippen LogP contribution in [-0.2, 0) is 4.79 Å². The minimum atomic E-state index is -0.134. The van der Waals surface area contributed by atoms with Crippen molar-refractivity contribution in [2.45, 2.75) is 13.8 Å². The second kappa shape index (κ2) is 5.88. The predicted octanol–water partition coefficient (Wildman–Crippen LogP) is 1.21. The standard InChI is InChI=1S/C15H19N3O2/c1-9-6-11(15(20)16-3)4-5-13(9)18-14(19)10(2)12-7-17-8-12/h4-6,17H,7-8H2,1-3H3,(H,16,20)(H,18,19). The van der Waals surface area contributed by atoms with Crippen LogP contribution in [0.25, 0.3) is 0 Å². The lowest BCUT2D eigenvalue weighted by Crippen LogP contribution is -2.36. The molecule has 2 amide bonds. The third-order valence-corrected chi connectivity index (χ3v) is 3.51. The van der Waals surface area contributed by atoms with E-state index in [0.717, 1.165) is 35.5 Å². The lowest BCUT2D eigenvalue weighted by molar-refractivity contribution is -0.112. The molecule has 3 N–H and O–H groups in total. The van der Waals surface area contributed by atoms with E-state index in [4.69, 9.17) is 0 Å². The topological polar surface area (TPSA) is 70.2 Å². The Labute approximate surface area is 118 Å². The molecule has 0 atom stereocenters. The van der Waals surface area contributed by atoms with E-state index in [9.17, 15) is 9.59 Å². The summed E-state index contributed by atoms with van der Waals surface area (Å²) in [5.41, 5.74) is 4.08. The van der Waals surface area contributed by atoms with Crippen molar-refractivity contribution in [1.82, 2.24) is 10.6 Å². The Hall–Kier alpha value is -2.14. The molecule has 0 spiro atoms. The van der Waals surface area contributed by atoms with Gasteiger partial charge in [0, 0.05) is 37.0 Å². The number of aryl methyl sites for hydroxylation is 1. The maximum absolute atomic E-state index is 12.1. The van der Waals surface area contributed by atoms with Gasteiger partial charge in [-0.25, -0.2) is 0 Å². The van der Waals surface area contributed by atoms with Gasteiger partial charge in [0.05, 0.1) is 0 Å². The summed E-state index contributed by atoms with van der Waals surface area (Å²) in [6.07, 6.45) is 0. The second-order valence-corrected chi connectivity index (χ2v) is 4.90. The first-order valence-electron chi connectivity index (χ1n) is 6.56. The van der Waals surface area contributed by atoms with E-state index in [1.165, 1.54) is 0 Å². The Morgan fingerprint density at radius 3 is 2.45 bits per heavy atom. The molecule has 106 valence electrons. The van der Waals surface area contributed by atoms with Crippen LogP contribution in [0.15, 0.2) is 29.3 Å². The van der Waals surface area contributed by atoms with Crippen LogP contribution in [-0.4, -0.2) is 32.0 Å². The van der Waals surface area contributed by atoms with E-state index in [1.807, 2.05) is 13.8 Å². The summed E-state index contributed by atoms with van der Waals surface area (Å²) in [4.78, 5) is 23.6. The summed E-state index contributed by atoms with van der Waals surface area (Å²) in [5.74, 6) is -0.220. The fourth-order valence-corrected chi connectivity index (χ4v) is 1.98. The highest BCUT2D eigenvalue weighted by atomic mass is 16.2. The predicted molar refractivity (Wildman–Crippen MR) is 78.8 cm³/mol. The zero-order valence-electron chi connectivity index (χ0n) is 12.0. The van der Waals surface area contributed by atoms with Crippen molar-refractivity contribution in [3.63, 3.8) is 0 Å². The van der Waals surface area contributed by atoms with E-state index in [1.54, 1.807) is 25.2 Å². The molecule has 1 saturated heterocycles. The summed E-state index contributed by atoms with van der Waals surface area (Å²) < 4.78 is 0. The third kappa shape index (κ3) is 2.88. The van der Waals surface area contributed by atoms with Gasteiger partial charge >= 0.3 is 0 Å². The van der Waals surface area contributed by atoms with Gasteiger partial charge < -0.3 is 16.0 Å². The number of rotatable bonds is 3. The van der Waals surface area contributed by atoms with Crippen molar-refractivity contribution in [3.05, 3.63) is 40.5 Å². The van der Waals surface area contributed by atoms with Crippen LogP contribution in [0, 0.1) is 6.92 Å². The van der Waals surface area contributed by atoms with Crippen molar-refractivity contribution >= 4 is 17.5 Å². The maximum Gasteiger partial charge on any atom is 0.251 e. The molecule has 2 rings (SSSR count). The Balaban J connectivity index is 2.14. The molecule has 1 aromatic rings. The molecule has 1 fully saturated rings. The zero-order chi connectivity index (χ0) is 14.7.